The maximum absolute atomic E-state index is 12.7. The van der Waals surface area contributed by atoms with Crippen LogP contribution >= 0.6 is 19.4 Å². The van der Waals surface area contributed by atoms with Gasteiger partial charge in [0.15, 0.2) is 0 Å². The summed E-state index contributed by atoms with van der Waals surface area (Å²) in [5, 5.41) is 24.9. The second-order valence-corrected chi connectivity index (χ2v) is 10.1. The molecular weight excluding hydrogens is 600 g/mol. The molecule has 226 valence electrons. The molecule has 8 N–H and O–H groups in total. The number of phosphoric ester groups is 1. The Hall–Kier alpha value is -2.98. The van der Waals surface area contributed by atoms with Crippen molar-refractivity contribution in [3.8, 4) is 28.4 Å². The lowest BCUT2D eigenvalue weighted by atomic mass is 10.0. The number of halogens is 4. The minimum Gasteiger partial charge on any atom is -0.457 e. The molecule has 0 amide bonds. The molecule has 0 saturated heterocycles. The summed E-state index contributed by atoms with van der Waals surface area (Å²) < 4.78 is 61.7. The molecule has 0 bridgehead atoms. The van der Waals surface area contributed by atoms with Crippen LogP contribution in [0.5, 0.6) is 17.2 Å². The van der Waals surface area contributed by atoms with Crippen LogP contribution in [0.1, 0.15) is 11.4 Å². The summed E-state index contributed by atoms with van der Waals surface area (Å²) in [7, 11) is -4.79. The van der Waals surface area contributed by atoms with E-state index < -0.39 is 57.3 Å². The van der Waals surface area contributed by atoms with E-state index in [9.17, 15) is 22.5 Å². The number of aromatic nitrogens is 1. The lowest BCUT2D eigenvalue weighted by molar-refractivity contribution is -0.274. The highest BCUT2D eigenvalue weighted by molar-refractivity contribution is 7.46. The third kappa shape index (κ3) is 10.7. The van der Waals surface area contributed by atoms with E-state index in [0.29, 0.717) is 17.0 Å². The van der Waals surface area contributed by atoms with Crippen LogP contribution in [-0.2, 0) is 15.7 Å². The predicted molar refractivity (Wildman–Crippen MR) is 140 cm³/mol. The molecule has 0 aliphatic rings. The molecule has 0 spiro atoms. The Labute approximate surface area is 235 Å². The van der Waals surface area contributed by atoms with Gasteiger partial charge < -0.3 is 45.3 Å². The van der Waals surface area contributed by atoms with Crippen molar-refractivity contribution in [2.45, 2.75) is 25.4 Å². The number of alkyl halides is 3. The first-order valence-corrected chi connectivity index (χ1v) is 13.3. The van der Waals surface area contributed by atoms with Gasteiger partial charge in [0.25, 0.3) is 0 Å². The number of aliphatic hydroxyl groups excluding tert-OH is 3. The van der Waals surface area contributed by atoms with Gasteiger partial charge in [-0.1, -0.05) is 23.7 Å². The molecule has 41 heavy (non-hydrogen) atoms. The standard InChI is InChI=1S/C20H16ClF3NO7P.C4H11NO3/c1-11-18(21)19(26)17(16(25-11)10-30-33(27,28)29)12-2-4-13(5-3-12)31-14-6-8-15(9-7-14)32-20(22,23)24;5-4(1-6,2-7)3-8/h2-9H,10H2,1H3,(H,25,26)(H2,27,28,29);6-8H,1-3,5H2. The molecule has 1 heterocycles. The first kappa shape index (κ1) is 34.2. The minimum absolute atomic E-state index is 0.0549. The monoisotopic (exact) mass is 626 g/mol. The van der Waals surface area contributed by atoms with Crippen molar-refractivity contribution in [3.63, 3.8) is 0 Å². The highest BCUT2D eigenvalue weighted by Crippen LogP contribution is 2.38. The number of benzene rings is 2. The summed E-state index contributed by atoms with van der Waals surface area (Å²) in [4.78, 5) is 33.5. The Bertz CT molecular complexity index is 1380. The molecular formula is C24H27ClF3N2O10P. The summed E-state index contributed by atoms with van der Waals surface area (Å²) >= 11 is 6.04. The number of rotatable bonds is 10. The van der Waals surface area contributed by atoms with Gasteiger partial charge in [-0.3, -0.25) is 9.32 Å². The number of aliphatic hydroxyl groups is 3. The maximum Gasteiger partial charge on any atom is 0.573 e. The zero-order valence-corrected chi connectivity index (χ0v) is 22.9. The zero-order valence-electron chi connectivity index (χ0n) is 21.3. The number of ether oxygens (including phenoxy) is 2. The van der Waals surface area contributed by atoms with Gasteiger partial charge in [-0.25, -0.2) is 4.57 Å². The van der Waals surface area contributed by atoms with Crippen LogP contribution in [0.25, 0.3) is 11.1 Å². The Balaban J connectivity index is 0.000000642. The van der Waals surface area contributed by atoms with Crippen LogP contribution < -0.4 is 20.6 Å². The minimum atomic E-state index is -4.80. The van der Waals surface area contributed by atoms with E-state index in [2.05, 4.69) is 14.2 Å². The lowest BCUT2D eigenvalue weighted by Gasteiger charge is -2.20. The number of hydrogen-bond donors (Lipinski definition) is 7. The molecule has 0 radical (unpaired) electrons. The normalized spacial score (nSPS) is 12.0. The van der Waals surface area contributed by atoms with E-state index in [1.165, 1.54) is 43.3 Å². The van der Waals surface area contributed by atoms with Gasteiger partial charge >= 0.3 is 14.2 Å². The van der Waals surface area contributed by atoms with Crippen LogP contribution in [0.2, 0.25) is 5.02 Å². The van der Waals surface area contributed by atoms with Gasteiger partial charge in [-0.05, 0) is 48.9 Å². The molecule has 1 aromatic heterocycles. The van der Waals surface area contributed by atoms with Gasteiger partial charge in [-0.15, -0.1) is 13.2 Å². The Morgan fingerprint density at radius 1 is 0.927 bits per heavy atom. The largest absolute Gasteiger partial charge is 0.573 e. The number of pyridine rings is 1. The molecule has 12 nitrogen and oxygen atoms in total. The van der Waals surface area contributed by atoms with E-state index in [-0.39, 0.29) is 22.0 Å². The van der Waals surface area contributed by atoms with E-state index in [4.69, 9.17) is 47.2 Å². The molecule has 0 aliphatic carbocycles. The lowest BCUT2D eigenvalue weighted by Crippen LogP contribution is -2.50. The summed E-state index contributed by atoms with van der Waals surface area (Å²) in [6.07, 6.45) is -4.80. The maximum atomic E-state index is 12.7. The summed E-state index contributed by atoms with van der Waals surface area (Å²) in [6, 6.07) is 10.8. The number of aromatic amines is 1. The first-order valence-electron chi connectivity index (χ1n) is 11.4. The van der Waals surface area contributed by atoms with Crippen molar-refractivity contribution in [3.05, 3.63) is 75.2 Å². The average Bonchev–Trinajstić information content (AvgIpc) is 2.91. The van der Waals surface area contributed by atoms with Crippen molar-refractivity contribution >= 4 is 19.4 Å². The number of nitrogens with one attached hydrogen (secondary N) is 1. The first-order chi connectivity index (χ1) is 19.0. The zero-order chi connectivity index (χ0) is 31.0. The number of aryl methyl sites for hydroxylation is 1. The fourth-order valence-corrected chi connectivity index (χ4v) is 3.45. The van der Waals surface area contributed by atoms with Gasteiger partial charge in [0.1, 0.15) is 22.3 Å². The molecule has 3 rings (SSSR count). The molecule has 0 saturated carbocycles. The van der Waals surface area contributed by atoms with Crippen LogP contribution in [0.15, 0.2) is 53.3 Å². The molecule has 0 fully saturated rings. The average molecular weight is 627 g/mol. The topological polar surface area (TPSA) is 205 Å². The molecule has 3 aromatic rings. The molecule has 0 aliphatic heterocycles. The van der Waals surface area contributed by atoms with E-state index in [1.807, 2.05) is 0 Å². The highest BCUT2D eigenvalue weighted by Gasteiger charge is 2.31. The van der Waals surface area contributed by atoms with E-state index in [1.54, 1.807) is 0 Å². The van der Waals surface area contributed by atoms with E-state index in [0.717, 1.165) is 12.1 Å². The SMILES string of the molecule is Cc1[nH]c(COP(=O)(O)O)c(-c2ccc(Oc3ccc(OC(F)(F)F)cc3)cc2)c(=O)c1Cl.NC(CO)(CO)CO. The molecule has 17 heteroatoms. The number of phosphoric acid groups is 1. The van der Waals surface area contributed by atoms with Crippen molar-refractivity contribution in [1.29, 1.82) is 0 Å². The Morgan fingerprint density at radius 2 is 1.39 bits per heavy atom. The van der Waals surface area contributed by atoms with Gasteiger partial charge in [0.2, 0.25) is 5.43 Å². The Kier molecular flexibility index (Phi) is 11.9. The summed E-state index contributed by atoms with van der Waals surface area (Å²) in [5.74, 6) is 0.154. The molecule has 2 aromatic carbocycles. The number of nitrogens with two attached hydrogens (primary N) is 1. The molecule has 0 unspecified atom stereocenters. The van der Waals surface area contributed by atoms with Crippen molar-refractivity contribution in [2.75, 3.05) is 19.8 Å². The van der Waals surface area contributed by atoms with Crippen molar-refractivity contribution < 1.29 is 56.8 Å². The fourth-order valence-electron chi connectivity index (χ4n) is 3.01. The third-order valence-electron chi connectivity index (χ3n) is 5.15. The van der Waals surface area contributed by atoms with Gasteiger partial charge in [0, 0.05) is 5.69 Å². The van der Waals surface area contributed by atoms with E-state index >= 15 is 0 Å². The van der Waals surface area contributed by atoms with Crippen molar-refractivity contribution in [2.24, 2.45) is 5.73 Å². The van der Waals surface area contributed by atoms with Crippen LogP contribution in [0.4, 0.5) is 13.2 Å². The van der Waals surface area contributed by atoms with Crippen LogP contribution in [0, 0.1) is 6.92 Å². The Morgan fingerprint density at radius 3 is 1.80 bits per heavy atom. The fraction of sp³-hybridized carbons (Fsp3) is 0.292. The third-order valence-corrected chi connectivity index (χ3v) is 6.07. The van der Waals surface area contributed by atoms with Crippen molar-refractivity contribution in [1.82, 2.24) is 4.98 Å². The summed E-state index contributed by atoms with van der Waals surface area (Å²) in [5.41, 5.74) is 4.20. The van der Waals surface area contributed by atoms with Crippen LogP contribution in [0.3, 0.4) is 0 Å². The quantitative estimate of drug-likeness (QED) is 0.163. The smallest absolute Gasteiger partial charge is 0.457 e. The second-order valence-electron chi connectivity index (χ2n) is 8.49. The van der Waals surface area contributed by atoms with Gasteiger partial charge in [-0.2, -0.15) is 0 Å². The van der Waals surface area contributed by atoms with Crippen LogP contribution in [-0.4, -0.2) is 61.8 Å². The molecule has 0 atom stereocenters. The highest BCUT2D eigenvalue weighted by atomic mass is 35.5. The number of H-pyrrole nitrogens is 1. The second kappa shape index (κ2) is 14.3. The van der Waals surface area contributed by atoms with Gasteiger partial charge in [0.05, 0.1) is 43.2 Å². The number of hydrogen-bond acceptors (Lipinski definition) is 9. The summed E-state index contributed by atoms with van der Waals surface area (Å²) in [6.45, 7) is -0.256. The predicted octanol–water partition coefficient (Wildman–Crippen LogP) is 2.96.